The fourth-order valence-corrected chi connectivity index (χ4v) is 2.57. The molecule has 1 aliphatic rings. The van der Waals surface area contributed by atoms with Crippen LogP contribution >= 0.6 is 0 Å². The summed E-state index contributed by atoms with van der Waals surface area (Å²) in [5.41, 5.74) is 5.78. The van der Waals surface area contributed by atoms with Gasteiger partial charge in [0, 0.05) is 5.57 Å². The number of aliphatic hydroxyl groups is 3. The second-order valence-electron chi connectivity index (χ2n) is 5.63. The number of aliphatic hydroxyl groups excluding tert-OH is 3. The third-order valence-electron chi connectivity index (χ3n) is 3.97. The number of carbonyl (C=O) groups excluding carboxylic acids is 1. The number of amides is 1. The first-order valence-electron chi connectivity index (χ1n) is 7.34. The zero-order valence-corrected chi connectivity index (χ0v) is 13.3. The molecule has 0 spiro atoms. The maximum atomic E-state index is 11.8. The summed E-state index contributed by atoms with van der Waals surface area (Å²) in [5.74, 6) is -0.722. The van der Waals surface area contributed by atoms with Crippen LogP contribution in [-0.4, -0.2) is 64.0 Å². The molecule has 1 aliphatic heterocycles. The Morgan fingerprint density at radius 2 is 1.92 bits per heavy atom. The zero-order valence-electron chi connectivity index (χ0n) is 13.3. The van der Waals surface area contributed by atoms with E-state index in [9.17, 15) is 25.2 Å². The number of phenols is 1. The Bertz CT molecular complexity index is 645. The minimum atomic E-state index is -1.52. The lowest BCUT2D eigenvalue weighted by atomic mass is 9.90. The molecule has 1 amide bonds. The van der Waals surface area contributed by atoms with Crippen molar-refractivity contribution in [2.45, 2.75) is 37.4 Å². The minimum Gasteiger partial charge on any atom is -0.504 e. The lowest BCUT2D eigenvalue weighted by Crippen LogP contribution is -2.57. The summed E-state index contributed by atoms with van der Waals surface area (Å²) in [6.07, 6.45) is -4.90. The zero-order chi connectivity index (χ0) is 18.0. The van der Waals surface area contributed by atoms with Gasteiger partial charge in [-0.1, -0.05) is 6.07 Å². The van der Waals surface area contributed by atoms with Crippen LogP contribution in [0.5, 0.6) is 11.5 Å². The number of carbonyl (C=O) groups is 1. The average molecular weight is 339 g/mol. The van der Waals surface area contributed by atoms with Gasteiger partial charge in [-0.05, 0) is 30.7 Å². The lowest BCUT2D eigenvalue weighted by molar-refractivity contribution is -0.206. The smallest absolute Gasteiger partial charge is 0.247 e. The van der Waals surface area contributed by atoms with E-state index in [4.69, 9.17) is 15.2 Å². The summed E-state index contributed by atoms with van der Waals surface area (Å²) in [7, 11) is 1.38. The van der Waals surface area contributed by atoms with E-state index in [2.05, 4.69) is 0 Å². The van der Waals surface area contributed by atoms with Crippen molar-refractivity contribution in [3.8, 4) is 11.5 Å². The first-order valence-corrected chi connectivity index (χ1v) is 7.34. The SMILES string of the molecule is COc1cc(/C=C(/C(N)=O)[C@H]2O[C@@H](C)[C@H](O)[C@@H](O)[C@H]2O)ccc1O. The predicted octanol–water partition coefficient (Wildman–Crippen LogP) is -0.861. The van der Waals surface area contributed by atoms with Gasteiger partial charge in [-0.15, -0.1) is 0 Å². The van der Waals surface area contributed by atoms with Crippen molar-refractivity contribution < 1.29 is 34.7 Å². The average Bonchev–Trinajstić information content (AvgIpc) is 2.55. The van der Waals surface area contributed by atoms with Crippen LogP contribution in [0.4, 0.5) is 0 Å². The van der Waals surface area contributed by atoms with Gasteiger partial charge in [0.15, 0.2) is 11.5 Å². The summed E-state index contributed by atoms with van der Waals surface area (Å²) in [6, 6.07) is 4.37. The fourth-order valence-electron chi connectivity index (χ4n) is 2.57. The van der Waals surface area contributed by atoms with Crippen molar-refractivity contribution in [3.05, 3.63) is 29.3 Å². The van der Waals surface area contributed by atoms with Crippen LogP contribution in [0.3, 0.4) is 0 Å². The molecule has 8 nitrogen and oxygen atoms in total. The Hall–Kier alpha value is -2.13. The van der Waals surface area contributed by atoms with E-state index in [0.717, 1.165) is 0 Å². The summed E-state index contributed by atoms with van der Waals surface area (Å²) in [6.45, 7) is 1.51. The molecule has 0 aromatic heterocycles. The quantitative estimate of drug-likeness (QED) is 0.449. The molecular weight excluding hydrogens is 318 g/mol. The highest BCUT2D eigenvalue weighted by Crippen LogP contribution is 2.30. The molecule has 2 rings (SSSR count). The van der Waals surface area contributed by atoms with E-state index in [1.54, 1.807) is 0 Å². The maximum Gasteiger partial charge on any atom is 0.247 e. The van der Waals surface area contributed by atoms with Gasteiger partial charge in [0.1, 0.15) is 24.4 Å². The Morgan fingerprint density at radius 1 is 1.25 bits per heavy atom. The molecule has 1 heterocycles. The van der Waals surface area contributed by atoms with Crippen molar-refractivity contribution in [1.82, 2.24) is 0 Å². The highest BCUT2D eigenvalue weighted by Gasteiger charge is 2.44. The third kappa shape index (κ3) is 3.51. The van der Waals surface area contributed by atoms with Gasteiger partial charge in [0.05, 0.1) is 13.2 Å². The number of hydrogen-bond donors (Lipinski definition) is 5. The van der Waals surface area contributed by atoms with Crippen molar-refractivity contribution >= 4 is 12.0 Å². The summed E-state index contributed by atoms with van der Waals surface area (Å²) in [4.78, 5) is 11.8. The Kier molecular flexibility index (Phi) is 5.45. The molecule has 0 bridgehead atoms. The molecule has 6 N–H and O–H groups in total. The molecule has 0 radical (unpaired) electrons. The largest absolute Gasteiger partial charge is 0.504 e. The second kappa shape index (κ2) is 7.18. The van der Waals surface area contributed by atoms with Gasteiger partial charge >= 0.3 is 0 Å². The number of aromatic hydroxyl groups is 1. The molecule has 8 heteroatoms. The number of hydrogen-bond acceptors (Lipinski definition) is 7. The summed E-state index contributed by atoms with van der Waals surface area (Å²) >= 11 is 0. The molecule has 1 aromatic carbocycles. The van der Waals surface area contributed by atoms with Crippen molar-refractivity contribution in [1.29, 1.82) is 0 Å². The highest BCUT2D eigenvalue weighted by atomic mass is 16.5. The molecule has 132 valence electrons. The van der Waals surface area contributed by atoms with Gasteiger partial charge in [-0.2, -0.15) is 0 Å². The molecule has 0 aliphatic carbocycles. The molecule has 0 unspecified atom stereocenters. The molecule has 1 saturated heterocycles. The molecule has 0 saturated carbocycles. The van der Waals surface area contributed by atoms with E-state index in [-0.39, 0.29) is 17.1 Å². The van der Waals surface area contributed by atoms with E-state index >= 15 is 0 Å². The van der Waals surface area contributed by atoms with Crippen LogP contribution in [0.1, 0.15) is 12.5 Å². The van der Waals surface area contributed by atoms with E-state index < -0.39 is 36.4 Å². The predicted molar refractivity (Wildman–Crippen MR) is 84.2 cm³/mol. The van der Waals surface area contributed by atoms with E-state index in [1.165, 1.54) is 38.3 Å². The molecule has 24 heavy (non-hydrogen) atoms. The second-order valence-corrected chi connectivity index (χ2v) is 5.63. The molecule has 5 atom stereocenters. The number of ether oxygens (including phenoxy) is 2. The lowest BCUT2D eigenvalue weighted by Gasteiger charge is -2.39. The first-order chi connectivity index (χ1) is 11.3. The van der Waals surface area contributed by atoms with Crippen molar-refractivity contribution in [3.63, 3.8) is 0 Å². The van der Waals surface area contributed by atoms with Crippen LogP contribution < -0.4 is 10.5 Å². The molecule has 1 aromatic rings. The van der Waals surface area contributed by atoms with Crippen LogP contribution in [-0.2, 0) is 9.53 Å². The number of benzene rings is 1. The normalized spacial score (nSPS) is 30.9. The Morgan fingerprint density at radius 3 is 2.50 bits per heavy atom. The van der Waals surface area contributed by atoms with Crippen LogP contribution in [0, 0.1) is 0 Å². The number of rotatable bonds is 4. The van der Waals surface area contributed by atoms with Crippen molar-refractivity contribution in [2.24, 2.45) is 5.73 Å². The van der Waals surface area contributed by atoms with E-state index in [0.29, 0.717) is 5.56 Å². The van der Waals surface area contributed by atoms with Gasteiger partial charge in [0.2, 0.25) is 5.91 Å². The van der Waals surface area contributed by atoms with Crippen LogP contribution in [0.2, 0.25) is 0 Å². The van der Waals surface area contributed by atoms with E-state index in [1.807, 2.05) is 0 Å². The number of primary amides is 1. The minimum absolute atomic E-state index is 0.0728. The summed E-state index contributed by atoms with van der Waals surface area (Å²) < 4.78 is 10.4. The van der Waals surface area contributed by atoms with Crippen LogP contribution in [0.15, 0.2) is 23.8 Å². The highest BCUT2D eigenvalue weighted by molar-refractivity contribution is 5.98. The Balaban J connectivity index is 2.40. The molecule has 1 fully saturated rings. The topological polar surface area (TPSA) is 142 Å². The van der Waals surface area contributed by atoms with Crippen molar-refractivity contribution in [2.75, 3.05) is 7.11 Å². The van der Waals surface area contributed by atoms with Crippen LogP contribution in [0.25, 0.3) is 6.08 Å². The number of nitrogens with two attached hydrogens (primary N) is 1. The van der Waals surface area contributed by atoms with Gasteiger partial charge in [0.25, 0.3) is 0 Å². The van der Waals surface area contributed by atoms with Gasteiger partial charge in [-0.25, -0.2) is 0 Å². The monoisotopic (exact) mass is 339 g/mol. The van der Waals surface area contributed by atoms with Gasteiger partial charge in [-0.3, -0.25) is 4.79 Å². The molecular formula is C16H21NO7. The fraction of sp³-hybridized carbons (Fsp3) is 0.438. The number of methoxy groups -OCH3 is 1. The Labute approximate surface area is 138 Å². The third-order valence-corrected chi connectivity index (χ3v) is 3.97. The first kappa shape index (κ1) is 18.2. The summed E-state index contributed by atoms with van der Waals surface area (Å²) in [5, 5.41) is 39.3. The number of phenolic OH excluding ortho intramolecular Hbond substituents is 1. The maximum absolute atomic E-state index is 11.8. The van der Waals surface area contributed by atoms with Gasteiger partial charge < -0.3 is 35.6 Å². The standard InChI is InChI=1S/C16H21NO7/c1-7-12(19)13(20)14(21)15(24-7)9(16(17)22)5-8-3-4-10(18)11(6-8)23-2/h3-7,12-15,18-21H,1-2H3,(H2,17,22)/b9-5+/t7-,12-,13+,14+,15+/m0/s1.